The molecule has 1 saturated heterocycles. The van der Waals surface area contributed by atoms with Crippen LogP contribution in [-0.2, 0) is 0 Å². The summed E-state index contributed by atoms with van der Waals surface area (Å²) in [5, 5.41) is 0. The van der Waals surface area contributed by atoms with Crippen LogP contribution < -0.4 is 0 Å². The van der Waals surface area contributed by atoms with E-state index in [1.165, 1.54) is 24.3 Å². The van der Waals surface area contributed by atoms with Crippen LogP contribution in [0.1, 0.15) is 40.5 Å². The Morgan fingerprint density at radius 3 is 2.18 bits per heavy atom. The predicted molar refractivity (Wildman–Crippen MR) is 54.1 cm³/mol. The lowest BCUT2D eigenvalue weighted by molar-refractivity contribution is 0.121. The maximum Gasteiger partial charge on any atom is -0.000844 e. The first-order chi connectivity index (χ1) is 4.96. The van der Waals surface area contributed by atoms with Gasteiger partial charge in [-0.1, -0.05) is 27.7 Å². The summed E-state index contributed by atoms with van der Waals surface area (Å²) in [4.78, 5) is 0. The average molecular weight is 172 g/mol. The number of rotatable bonds is 0. The Morgan fingerprint density at radius 1 is 1.27 bits per heavy atom. The quantitative estimate of drug-likeness (QED) is 0.538. The van der Waals surface area contributed by atoms with Gasteiger partial charge in [-0.15, -0.1) is 0 Å². The second-order valence-corrected chi connectivity index (χ2v) is 6.07. The normalized spacial score (nSPS) is 33.8. The molecule has 0 radical (unpaired) electrons. The zero-order valence-electron chi connectivity index (χ0n) is 8.24. The molecule has 0 spiro atoms. The van der Waals surface area contributed by atoms with E-state index in [4.69, 9.17) is 0 Å². The van der Waals surface area contributed by atoms with Crippen LogP contribution in [0.15, 0.2) is 0 Å². The summed E-state index contributed by atoms with van der Waals surface area (Å²) < 4.78 is 0. The summed E-state index contributed by atoms with van der Waals surface area (Å²) >= 11 is 2.13. The monoisotopic (exact) mass is 172 g/mol. The maximum absolute atomic E-state index is 2.44. The van der Waals surface area contributed by atoms with Gasteiger partial charge in [0.25, 0.3) is 0 Å². The molecular formula is C10H20S. The van der Waals surface area contributed by atoms with Crippen LogP contribution in [0.3, 0.4) is 0 Å². The van der Waals surface area contributed by atoms with Gasteiger partial charge in [0.1, 0.15) is 0 Å². The van der Waals surface area contributed by atoms with E-state index in [2.05, 4.69) is 39.5 Å². The van der Waals surface area contributed by atoms with Crippen molar-refractivity contribution >= 4 is 11.8 Å². The van der Waals surface area contributed by atoms with E-state index in [1.54, 1.807) is 0 Å². The molecular weight excluding hydrogens is 152 g/mol. The first-order valence-corrected chi connectivity index (χ1v) is 5.69. The van der Waals surface area contributed by atoms with Gasteiger partial charge in [-0.05, 0) is 35.2 Å². The molecule has 1 aliphatic rings. The van der Waals surface area contributed by atoms with E-state index in [0.29, 0.717) is 10.8 Å². The Bertz CT molecular complexity index is 126. The minimum Gasteiger partial charge on any atom is -0.161 e. The molecule has 0 bridgehead atoms. The van der Waals surface area contributed by atoms with Crippen LogP contribution in [0, 0.1) is 10.8 Å². The third-order valence-corrected chi connectivity index (χ3v) is 4.67. The fraction of sp³-hybridized carbons (Fsp3) is 1.00. The van der Waals surface area contributed by atoms with Gasteiger partial charge >= 0.3 is 0 Å². The van der Waals surface area contributed by atoms with E-state index < -0.39 is 0 Å². The summed E-state index contributed by atoms with van der Waals surface area (Å²) in [6.07, 6.45) is 2.84. The van der Waals surface area contributed by atoms with Gasteiger partial charge in [0, 0.05) is 0 Å². The summed E-state index contributed by atoms with van der Waals surface area (Å²) in [5.74, 6) is 2.74. The first-order valence-electron chi connectivity index (χ1n) is 4.53. The highest BCUT2D eigenvalue weighted by atomic mass is 32.2. The number of hydrogen-bond donors (Lipinski definition) is 0. The lowest BCUT2D eigenvalue weighted by Gasteiger charge is -2.44. The van der Waals surface area contributed by atoms with E-state index in [0.717, 1.165) is 0 Å². The van der Waals surface area contributed by atoms with Crippen LogP contribution >= 0.6 is 11.8 Å². The molecule has 1 unspecified atom stereocenters. The molecule has 1 fully saturated rings. The molecule has 0 aromatic rings. The van der Waals surface area contributed by atoms with Crippen molar-refractivity contribution in [3.05, 3.63) is 0 Å². The fourth-order valence-electron chi connectivity index (χ4n) is 1.53. The van der Waals surface area contributed by atoms with E-state index >= 15 is 0 Å². The third-order valence-electron chi connectivity index (χ3n) is 3.25. The lowest BCUT2D eigenvalue weighted by Crippen LogP contribution is -2.37. The largest absolute Gasteiger partial charge is 0.161 e. The molecule has 1 heterocycles. The van der Waals surface area contributed by atoms with Crippen LogP contribution in [-0.4, -0.2) is 11.5 Å². The van der Waals surface area contributed by atoms with Gasteiger partial charge < -0.3 is 0 Å². The van der Waals surface area contributed by atoms with Crippen LogP contribution in [0.25, 0.3) is 0 Å². The van der Waals surface area contributed by atoms with Crippen molar-refractivity contribution < 1.29 is 0 Å². The van der Waals surface area contributed by atoms with Crippen LogP contribution in [0.2, 0.25) is 0 Å². The summed E-state index contributed by atoms with van der Waals surface area (Å²) in [6, 6.07) is 0. The number of hydrogen-bond acceptors (Lipinski definition) is 1. The van der Waals surface area contributed by atoms with Gasteiger partial charge in [0.2, 0.25) is 0 Å². The molecule has 0 amide bonds. The highest BCUT2D eigenvalue weighted by Crippen LogP contribution is 2.47. The highest BCUT2D eigenvalue weighted by Gasteiger charge is 2.38. The Labute approximate surface area is 75.1 Å². The third kappa shape index (κ3) is 1.93. The summed E-state index contributed by atoms with van der Waals surface area (Å²) in [7, 11) is 0. The molecule has 1 aliphatic heterocycles. The fourth-order valence-corrected chi connectivity index (χ4v) is 3.05. The zero-order chi connectivity index (χ0) is 8.54. The van der Waals surface area contributed by atoms with Crippen molar-refractivity contribution in [2.24, 2.45) is 10.8 Å². The molecule has 0 N–H and O–H groups in total. The summed E-state index contributed by atoms with van der Waals surface area (Å²) in [5.41, 5.74) is 1.07. The van der Waals surface area contributed by atoms with Gasteiger partial charge in [-0.3, -0.25) is 0 Å². The van der Waals surface area contributed by atoms with Gasteiger partial charge in [-0.25, -0.2) is 0 Å². The van der Waals surface area contributed by atoms with Crippen molar-refractivity contribution in [2.75, 3.05) is 11.5 Å². The molecule has 1 rings (SSSR count). The Morgan fingerprint density at radius 2 is 1.91 bits per heavy atom. The standard InChI is InChI=1S/C10H20S/c1-9(2,3)10(4)6-5-7-11-8-10/h5-8H2,1-4H3. The van der Waals surface area contributed by atoms with Crippen molar-refractivity contribution in [2.45, 2.75) is 40.5 Å². The minimum atomic E-state index is 0.487. The van der Waals surface area contributed by atoms with Crippen molar-refractivity contribution in [1.29, 1.82) is 0 Å². The summed E-state index contributed by atoms with van der Waals surface area (Å²) in [6.45, 7) is 9.57. The van der Waals surface area contributed by atoms with Gasteiger partial charge in [-0.2, -0.15) is 11.8 Å². The van der Waals surface area contributed by atoms with E-state index in [9.17, 15) is 0 Å². The van der Waals surface area contributed by atoms with Crippen LogP contribution in [0.4, 0.5) is 0 Å². The molecule has 0 aromatic carbocycles. The smallest absolute Gasteiger partial charge is 0.000844 e. The SMILES string of the molecule is CC(C)(C)C1(C)CCCSC1. The van der Waals surface area contributed by atoms with Crippen molar-refractivity contribution in [3.8, 4) is 0 Å². The van der Waals surface area contributed by atoms with Gasteiger partial charge in [0.15, 0.2) is 0 Å². The highest BCUT2D eigenvalue weighted by molar-refractivity contribution is 7.99. The first kappa shape index (κ1) is 9.44. The number of thioether (sulfide) groups is 1. The molecule has 1 heteroatoms. The van der Waals surface area contributed by atoms with Crippen molar-refractivity contribution in [1.82, 2.24) is 0 Å². The van der Waals surface area contributed by atoms with Crippen molar-refractivity contribution in [3.63, 3.8) is 0 Å². The molecule has 0 saturated carbocycles. The maximum atomic E-state index is 2.44. The topological polar surface area (TPSA) is 0 Å². The molecule has 0 aromatic heterocycles. The predicted octanol–water partition coefficient (Wildman–Crippen LogP) is 3.57. The molecule has 1 atom stereocenters. The molecule has 0 aliphatic carbocycles. The Hall–Kier alpha value is 0.350. The minimum absolute atomic E-state index is 0.487. The average Bonchev–Trinajstić information content (AvgIpc) is 1.87. The van der Waals surface area contributed by atoms with E-state index in [1.807, 2.05) is 0 Å². The Balaban J connectivity index is 2.64. The van der Waals surface area contributed by atoms with E-state index in [-0.39, 0.29) is 0 Å². The molecule has 11 heavy (non-hydrogen) atoms. The molecule has 66 valence electrons. The zero-order valence-corrected chi connectivity index (χ0v) is 9.05. The second kappa shape index (κ2) is 3.01. The lowest BCUT2D eigenvalue weighted by atomic mass is 9.66. The second-order valence-electron chi connectivity index (χ2n) is 4.97. The van der Waals surface area contributed by atoms with Crippen LogP contribution in [0.5, 0.6) is 0 Å². The Kier molecular flexibility index (Phi) is 2.58. The molecule has 0 nitrogen and oxygen atoms in total. The van der Waals surface area contributed by atoms with Gasteiger partial charge in [0.05, 0.1) is 0 Å².